The van der Waals surface area contributed by atoms with E-state index in [1.165, 1.54) is 13.4 Å². The molecule has 2 aromatic rings. The van der Waals surface area contributed by atoms with Crippen molar-refractivity contribution in [3.05, 3.63) is 11.1 Å². The number of methoxy groups -OCH3 is 1. The largest absolute Gasteiger partial charge is 0.479 e. The number of carbonyl (C=O) groups is 1. The number of nitrogens with zero attached hydrogens (tertiary/aromatic N) is 3. The second-order valence-electron chi connectivity index (χ2n) is 3.67. The number of imidazole rings is 1. The molecule has 0 spiro atoms. The molecule has 0 radical (unpaired) electrons. The lowest BCUT2D eigenvalue weighted by atomic mass is 10.3. The van der Waals surface area contributed by atoms with Crippen molar-refractivity contribution in [3.8, 4) is 5.88 Å². The van der Waals surface area contributed by atoms with Crippen molar-refractivity contribution in [1.82, 2.24) is 24.8 Å². The third kappa shape index (κ3) is 1.84. The van der Waals surface area contributed by atoms with Crippen LogP contribution in [0.1, 0.15) is 13.0 Å². The average molecular weight is 267 g/mol. The smallest absolute Gasteiger partial charge is 0.242 e. The summed E-state index contributed by atoms with van der Waals surface area (Å²) in [5, 5.41) is 2.58. The van der Waals surface area contributed by atoms with Gasteiger partial charge in [-0.15, -0.1) is 0 Å². The minimum absolute atomic E-state index is 0.149. The Morgan fingerprint density at radius 1 is 1.61 bits per heavy atom. The summed E-state index contributed by atoms with van der Waals surface area (Å²) in [4.78, 5) is 22.8. The lowest BCUT2D eigenvalue weighted by molar-refractivity contribution is -0.123. The Balaban J connectivity index is 2.69. The van der Waals surface area contributed by atoms with Gasteiger partial charge in [0.2, 0.25) is 11.8 Å². The molecule has 0 fully saturated rings. The fourth-order valence-corrected chi connectivity index (χ4v) is 2.10. The summed E-state index contributed by atoms with van der Waals surface area (Å²) in [5.41, 5.74) is 1.13. The number of fused-ring (bicyclic) bond motifs is 1. The van der Waals surface area contributed by atoms with Crippen LogP contribution in [-0.2, 0) is 4.79 Å². The molecule has 2 N–H and O–H groups in total. The number of aromatic nitrogens is 4. The summed E-state index contributed by atoms with van der Waals surface area (Å²) in [6.07, 6.45) is 1.37. The number of rotatable bonds is 3. The van der Waals surface area contributed by atoms with Gasteiger partial charge >= 0.3 is 0 Å². The summed E-state index contributed by atoms with van der Waals surface area (Å²) < 4.78 is 7.16. The number of hydrogen-bond acceptors (Lipinski definition) is 5. The SMILES string of the molecule is CNC(=O)C(C)n1c(=S)[nH]c2c(OC)ncnc21. The fraction of sp³-hybridized carbons (Fsp3) is 0.400. The number of nitrogens with one attached hydrogen (secondary N) is 2. The van der Waals surface area contributed by atoms with Crippen molar-refractivity contribution in [2.75, 3.05) is 14.2 Å². The number of aromatic amines is 1. The van der Waals surface area contributed by atoms with Crippen LogP contribution in [0, 0.1) is 4.77 Å². The molecule has 1 unspecified atom stereocenters. The Hall–Kier alpha value is -1.96. The van der Waals surface area contributed by atoms with Crippen molar-refractivity contribution in [3.63, 3.8) is 0 Å². The number of carbonyl (C=O) groups excluding carboxylic acids is 1. The molecule has 0 aliphatic heterocycles. The van der Waals surface area contributed by atoms with Crippen molar-refractivity contribution in [2.24, 2.45) is 0 Å². The Labute approximate surface area is 108 Å². The minimum atomic E-state index is -0.462. The van der Waals surface area contributed by atoms with Crippen LogP contribution in [0.3, 0.4) is 0 Å². The molecule has 18 heavy (non-hydrogen) atoms. The zero-order chi connectivity index (χ0) is 13.3. The molecule has 2 aromatic heterocycles. The molecule has 1 atom stereocenters. The van der Waals surface area contributed by atoms with E-state index in [1.807, 2.05) is 0 Å². The number of likely N-dealkylation sites (N-methyl/N-ethyl adjacent to an activating group) is 1. The zero-order valence-corrected chi connectivity index (χ0v) is 11.0. The molecule has 7 nitrogen and oxygen atoms in total. The summed E-state index contributed by atoms with van der Waals surface area (Å²) in [7, 11) is 3.09. The summed E-state index contributed by atoms with van der Waals surface area (Å²) in [6, 6.07) is -0.462. The molecule has 0 aromatic carbocycles. The van der Waals surface area contributed by atoms with Crippen LogP contribution in [-0.4, -0.2) is 39.6 Å². The molecular weight excluding hydrogens is 254 g/mol. The van der Waals surface area contributed by atoms with E-state index < -0.39 is 6.04 Å². The summed E-state index contributed by atoms with van der Waals surface area (Å²) in [6.45, 7) is 1.75. The highest BCUT2D eigenvalue weighted by atomic mass is 32.1. The van der Waals surface area contributed by atoms with Gasteiger partial charge in [-0.05, 0) is 19.1 Å². The van der Waals surface area contributed by atoms with Crippen LogP contribution < -0.4 is 10.1 Å². The van der Waals surface area contributed by atoms with E-state index in [4.69, 9.17) is 17.0 Å². The van der Waals surface area contributed by atoms with Gasteiger partial charge in [0.05, 0.1) is 7.11 Å². The van der Waals surface area contributed by atoms with Gasteiger partial charge in [0.25, 0.3) is 0 Å². The second kappa shape index (κ2) is 4.73. The third-order valence-electron chi connectivity index (χ3n) is 2.68. The van der Waals surface area contributed by atoms with Crippen LogP contribution in [0.2, 0.25) is 0 Å². The highest BCUT2D eigenvalue weighted by Crippen LogP contribution is 2.22. The number of amides is 1. The van der Waals surface area contributed by atoms with Crippen molar-refractivity contribution in [2.45, 2.75) is 13.0 Å². The summed E-state index contributed by atoms with van der Waals surface area (Å²) >= 11 is 5.21. The lowest BCUT2D eigenvalue weighted by Gasteiger charge is -2.11. The highest BCUT2D eigenvalue weighted by Gasteiger charge is 2.20. The first-order valence-electron chi connectivity index (χ1n) is 5.31. The van der Waals surface area contributed by atoms with Crippen LogP contribution in [0.25, 0.3) is 11.2 Å². The molecule has 0 aliphatic rings. The molecule has 96 valence electrons. The van der Waals surface area contributed by atoms with Crippen LogP contribution >= 0.6 is 12.2 Å². The molecule has 1 amide bonds. The van der Waals surface area contributed by atoms with E-state index in [1.54, 1.807) is 18.5 Å². The van der Waals surface area contributed by atoms with Gasteiger partial charge in [0.1, 0.15) is 17.9 Å². The van der Waals surface area contributed by atoms with E-state index in [2.05, 4.69) is 20.3 Å². The van der Waals surface area contributed by atoms with Crippen LogP contribution in [0.4, 0.5) is 0 Å². The van der Waals surface area contributed by atoms with Crippen molar-refractivity contribution >= 4 is 29.3 Å². The van der Waals surface area contributed by atoms with Crippen molar-refractivity contribution < 1.29 is 9.53 Å². The van der Waals surface area contributed by atoms with Gasteiger partial charge in [-0.1, -0.05) is 0 Å². The van der Waals surface area contributed by atoms with Crippen molar-refractivity contribution in [1.29, 1.82) is 0 Å². The minimum Gasteiger partial charge on any atom is -0.479 e. The maximum atomic E-state index is 11.7. The van der Waals surface area contributed by atoms with Gasteiger partial charge < -0.3 is 15.0 Å². The Bertz CT molecular complexity index is 647. The normalized spacial score (nSPS) is 12.4. The Kier molecular flexibility index (Phi) is 3.28. The Morgan fingerprint density at radius 2 is 2.33 bits per heavy atom. The topological polar surface area (TPSA) is 84.8 Å². The fourth-order valence-electron chi connectivity index (χ4n) is 1.76. The van der Waals surface area contributed by atoms with Gasteiger partial charge in [0.15, 0.2) is 10.4 Å². The molecule has 2 rings (SSSR count). The average Bonchev–Trinajstić information content (AvgIpc) is 2.72. The second-order valence-corrected chi connectivity index (χ2v) is 4.06. The standard InChI is InChI=1S/C10H13N5O2S/c1-5(8(16)11-2)15-7-6(14-10(15)18)9(17-3)13-4-12-7/h4-5H,1-3H3,(H,11,16)(H,14,18). The third-order valence-corrected chi connectivity index (χ3v) is 2.98. The maximum absolute atomic E-state index is 11.7. The number of hydrogen-bond donors (Lipinski definition) is 2. The number of ether oxygens (including phenoxy) is 1. The Morgan fingerprint density at radius 3 is 2.94 bits per heavy atom. The first kappa shape index (κ1) is 12.5. The monoisotopic (exact) mass is 267 g/mol. The van der Waals surface area contributed by atoms with Gasteiger partial charge in [-0.3, -0.25) is 9.36 Å². The van der Waals surface area contributed by atoms with E-state index in [0.717, 1.165) is 0 Å². The maximum Gasteiger partial charge on any atom is 0.242 e. The molecule has 8 heteroatoms. The lowest BCUT2D eigenvalue weighted by Crippen LogP contribution is -2.28. The van der Waals surface area contributed by atoms with Crippen LogP contribution in [0.15, 0.2) is 6.33 Å². The first-order chi connectivity index (χ1) is 8.60. The summed E-state index contributed by atoms with van der Waals surface area (Å²) in [5.74, 6) is 0.249. The highest BCUT2D eigenvalue weighted by molar-refractivity contribution is 7.71. The molecule has 0 saturated heterocycles. The van der Waals surface area contributed by atoms with Gasteiger partial charge in [0, 0.05) is 7.05 Å². The van der Waals surface area contributed by atoms with Gasteiger partial charge in [-0.25, -0.2) is 4.98 Å². The molecular formula is C10H13N5O2S. The van der Waals surface area contributed by atoms with E-state index >= 15 is 0 Å². The molecule has 2 heterocycles. The van der Waals surface area contributed by atoms with Crippen LogP contribution in [0.5, 0.6) is 5.88 Å². The quantitative estimate of drug-likeness (QED) is 0.804. The van der Waals surface area contributed by atoms with E-state index in [0.29, 0.717) is 21.8 Å². The molecule has 0 saturated carbocycles. The molecule has 0 bridgehead atoms. The number of H-pyrrole nitrogens is 1. The van der Waals surface area contributed by atoms with E-state index in [-0.39, 0.29) is 5.91 Å². The predicted octanol–water partition coefficient (Wildman–Crippen LogP) is 0.804. The van der Waals surface area contributed by atoms with Gasteiger partial charge in [-0.2, -0.15) is 4.98 Å². The predicted molar refractivity (Wildman–Crippen MR) is 68.0 cm³/mol. The first-order valence-corrected chi connectivity index (χ1v) is 5.71. The molecule has 0 aliphatic carbocycles. The zero-order valence-electron chi connectivity index (χ0n) is 10.2. The van der Waals surface area contributed by atoms with E-state index in [9.17, 15) is 4.79 Å².